The summed E-state index contributed by atoms with van der Waals surface area (Å²) in [5, 5.41) is 5.76. The summed E-state index contributed by atoms with van der Waals surface area (Å²) in [5.41, 5.74) is 17.8. The van der Waals surface area contributed by atoms with Crippen molar-refractivity contribution in [1.29, 1.82) is 0 Å². The highest BCUT2D eigenvalue weighted by Gasteiger charge is 2.28. The van der Waals surface area contributed by atoms with Crippen molar-refractivity contribution in [1.82, 2.24) is 19.5 Å². The summed E-state index contributed by atoms with van der Waals surface area (Å²) in [6.07, 6.45) is 2.52. The van der Waals surface area contributed by atoms with Crippen LogP contribution in [0.15, 0.2) is 24.5 Å². The maximum atomic E-state index is 6.44. The molecule has 0 saturated carbocycles. The lowest BCUT2D eigenvalue weighted by molar-refractivity contribution is 0.133. The predicted molar refractivity (Wildman–Crippen MR) is 133 cm³/mol. The van der Waals surface area contributed by atoms with E-state index in [1.165, 1.54) is 6.33 Å². The molecule has 1 saturated heterocycles. The zero-order chi connectivity index (χ0) is 23.1. The molecule has 9 heteroatoms. The first-order chi connectivity index (χ1) is 16.0. The quantitative estimate of drug-likeness (QED) is 0.429. The SMILES string of the molecule is CCOCc1c(-c2cc3cc(C)cc(OC)c3s2)c2c(N)ncnn2c1CN1CC[C@H](N)C1. The van der Waals surface area contributed by atoms with Gasteiger partial charge in [0.2, 0.25) is 0 Å². The number of aromatic nitrogens is 3. The van der Waals surface area contributed by atoms with E-state index < -0.39 is 0 Å². The Morgan fingerprint density at radius 1 is 1.27 bits per heavy atom. The van der Waals surface area contributed by atoms with Crippen molar-refractivity contribution in [3.8, 4) is 16.2 Å². The van der Waals surface area contributed by atoms with E-state index >= 15 is 0 Å². The average Bonchev–Trinajstić information content (AvgIpc) is 3.48. The highest BCUT2D eigenvalue weighted by atomic mass is 32.1. The van der Waals surface area contributed by atoms with Gasteiger partial charge in [-0.1, -0.05) is 6.07 Å². The Balaban J connectivity index is 1.75. The monoisotopic (exact) mass is 466 g/mol. The predicted octanol–water partition coefficient (Wildman–Crippen LogP) is 3.58. The smallest absolute Gasteiger partial charge is 0.152 e. The molecule has 1 aliphatic heterocycles. The first-order valence-electron chi connectivity index (χ1n) is 11.3. The zero-order valence-electron chi connectivity index (χ0n) is 19.3. The molecule has 1 aliphatic rings. The summed E-state index contributed by atoms with van der Waals surface area (Å²) in [5.74, 6) is 1.34. The number of ether oxygens (including phenoxy) is 2. The van der Waals surface area contributed by atoms with Crippen LogP contribution in [0.1, 0.15) is 30.2 Å². The van der Waals surface area contributed by atoms with Crippen molar-refractivity contribution < 1.29 is 9.47 Å². The highest BCUT2D eigenvalue weighted by molar-refractivity contribution is 7.22. The van der Waals surface area contributed by atoms with Gasteiger partial charge in [0.1, 0.15) is 17.6 Å². The zero-order valence-corrected chi connectivity index (χ0v) is 20.1. The van der Waals surface area contributed by atoms with Gasteiger partial charge in [0.15, 0.2) is 5.82 Å². The van der Waals surface area contributed by atoms with Crippen LogP contribution in [0.25, 0.3) is 26.0 Å². The van der Waals surface area contributed by atoms with Crippen LogP contribution in [-0.2, 0) is 17.9 Å². The summed E-state index contributed by atoms with van der Waals surface area (Å²) >= 11 is 1.70. The van der Waals surface area contributed by atoms with Crippen molar-refractivity contribution in [2.24, 2.45) is 5.73 Å². The fraction of sp³-hybridized carbons (Fsp3) is 0.417. The number of nitrogen functional groups attached to an aromatic ring is 1. The third-order valence-electron chi connectivity index (χ3n) is 6.29. The third-order valence-corrected chi connectivity index (χ3v) is 7.47. The third kappa shape index (κ3) is 3.95. The number of likely N-dealkylation sites (tertiary alicyclic amines) is 1. The van der Waals surface area contributed by atoms with E-state index in [4.69, 9.17) is 20.9 Å². The second-order valence-electron chi connectivity index (χ2n) is 8.62. The molecular formula is C24H30N6O2S. The lowest BCUT2D eigenvalue weighted by Gasteiger charge is -2.16. The molecule has 0 amide bonds. The van der Waals surface area contributed by atoms with Gasteiger partial charge in [-0.15, -0.1) is 11.3 Å². The van der Waals surface area contributed by atoms with Crippen molar-refractivity contribution in [3.05, 3.63) is 41.3 Å². The van der Waals surface area contributed by atoms with Gasteiger partial charge in [-0.2, -0.15) is 5.10 Å². The number of nitrogens with zero attached hydrogens (tertiary/aromatic N) is 4. The van der Waals surface area contributed by atoms with E-state index in [-0.39, 0.29) is 6.04 Å². The van der Waals surface area contributed by atoms with Gasteiger partial charge in [0.05, 0.1) is 24.1 Å². The summed E-state index contributed by atoms with van der Waals surface area (Å²) < 4.78 is 14.7. The summed E-state index contributed by atoms with van der Waals surface area (Å²) in [6.45, 7) is 7.78. The molecule has 1 atom stereocenters. The van der Waals surface area contributed by atoms with Crippen molar-refractivity contribution in [2.45, 2.75) is 39.5 Å². The Labute approximate surface area is 197 Å². The molecule has 4 aromatic rings. The standard InChI is InChI=1S/C24H30N6O2S/c1-4-32-12-17-18(11-29-6-5-16(25)10-29)30-22(24(26)27-13-28-30)21(17)20-9-15-7-14(2)8-19(31-3)23(15)33-20/h7-9,13,16H,4-6,10-12,25H2,1-3H3,(H2,26,27,28)/t16-/m0/s1. The Hall–Kier alpha value is -2.72. The van der Waals surface area contributed by atoms with Crippen molar-refractivity contribution in [2.75, 3.05) is 32.5 Å². The minimum Gasteiger partial charge on any atom is -0.495 e. The summed E-state index contributed by atoms with van der Waals surface area (Å²) in [7, 11) is 1.71. The van der Waals surface area contributed by atoms with E-state index in [0.29, 0.717) is 19.0 Å². The largest absolute Gasteiger partial charge is 0.495 e. The molecule has 1 fully saturated rings. The van der Waals surface area contributed by atoms with E-state index in [2.05, 4.69) is 40.1 Å². The molecule has 33 heavy (non-hydrogen) atoms. The number of aryl methyl sites for hydroxylation is 1. The average molecular weight is 467 g/mol. The topological polar surface area (TPSA) is 104 Å². The van der Waals surface area contributed by atoms with Crippen LogP contribution in [0.4, 0.5) is 5.82 Å². The summed E-state index contributed by atoms with van der Waals surface area (Å²) in [6, 6.07) is 6.68. The summed E-state index contributed by atoms with van der Waals surface area (Å²) in [4.78, 5) is 7.81. The molecule has 0 unspecified atom stereocenters. The number of fused-ring (bicyclic) bond motifs is 2. The molecule has 8 nitrogen and oxygen atoms in total. The second kappa shape index (κ2) is 8.90. The normalized spacial score (nSPS) is 16.9. The molecule has 0 radical (unpaired) electrons. The van der Waals surface area contributed by atoms with Crippen LogP contribution in [-0.4, -0.2) is 52.3 Å². The van der Waals surface area contributed by atoms with E-state index in [9.17, 15) is 0 Å². The first kappa shape index (κ1) is 22.1. The van der Waals surface area contributed by atoms with E-state index in [1.54, 1.807) is 18.4 Å². The number of methoxy groups -OCH3 is 1. The van der Waals surface area contributed by atoms with Gasteiger partial charge in [-0.25, -0.2) is 9.50 Å². The van der Waals surface area contributed by atoms with Crippen LogP contribution < -0.4 is 16.2 Å². The molecular weight excluding hydrogens is 436 g/mol. The maximum Gasteiger partial charge on any atom is 0.152 e. The fourth-order valence-corrected chi connectivity index (χ4v) is 5.97. The minimum absolute atomic E-state index is 0.212. The number of thiophene rings is 1. The number of anilines is 1. The molecule has 0 bridgehead atoms. The van der Waals surface area contributed by atoms with Crippen molar-refractivity contribution in [3.63, 3.8) is 0 Å². The number of benzene rings is 1. The van der Waals surface area contributed by atoms with Crippen LogP contribution in [0, 0.1) is 6.92 Å². The molecule has 4 N–H and O–H groups in total. The Kier molecular flexibility index (Phi) is 5.96. The number of rotatable bonds is 7. The highest BCUT2D eigenvalue weighted by Crippen LogP contribution is 2.44. The molecule has 0 spiro atoms. The Bertz CT molecular complexity index is 1310. The first-order valence-corrected chi connectivity index (χ1v) is 12.1. The van der Waals surface area contributed by atoms with Gasteiger partial charge in [0, 0.05) is 48.3 Å². The van der Waals surface area contributed by atoms with Crippen LogP contribution >= 0.6 is 11.3 Å². The molecule has 0 aliphatic carbocycles. The van der Waals surface area contributed by atoms with Gasteiger partial charge in [-0.05, 0) is 43.4 Å². The lowest BCUT2D eigenvalue weighted by Crippen LogP contribution is -2.27. The second-order valence-corrected chi connectivity index (χ2v) is 9.68. The van der Waals surface area contributed by atoms with E-state index in [1.807, 2.05) is 11.4 Å². The van der Waals surface area contributed by atoms with Gasteiger partial charge < -0.3 is 20.9 Å². The minimum atomic E-state index is 0.212. The number of hydrogen-bond donors (Lipinski definition) is 2. The van der Waals surface area contributed by atoms with Gasteiger partial charge >= 0.3 is 0 Å². The Morgan fingerprint density at radius 3 is 2.85 bits per heavy atom. The molecule has 4 heterocycles. The maximum absolute atomic E-state index is 6.44. The lowest BCUT2D eigenvalue weighted by atomic mass is 10.1. The van der Waals surface area contributed by atoms with Crippen LogP contribution in [0.2, 0.25) is 0 Å². The number of nitrogens with two attached hydrogens (primary N) is 2. The van der Waals surface area contributed by atoms with Crippen LogP contribution in [0.3, 0.4) is 0 Å². The number of hydrogen-bond acceptors (Lipinski definition) is 8. The van der Waals surface area contributed by atoms with E-state index in [0.717, 1.165) is 74.7 Å². The fourth-order valence-electron chi connectivity index (χ4n) is 4.77. The van der Waals surface area contributed by atoms with Crippen molar-refractivity contribution >= 4 is 32.8 Å². The molecule has 174 valence electrons. The molecule has 1 aromatic carbocycles. The van der Waals surface area contributed by atoms with Gasteiger partial charge in [-0.3, -0.25) is 4.90 Å². The Morgan fingerprint density at radius 2 is 2.12 bits per heavy atom. The van der Waals surface area contributed by atoms with Gasteiger partial charge in [0.25, 0.3) is 0 Å². The van der Waals surface area contributed by atoms with Crippen LogP contribution in [0.5, 0.6) is 5.75 Å². The molecule has 5 rings (SSSR count). The molecule has 3 aromatic heterocycles.